The first-order chi connectivity index (χ1) is 9.36. The Morgan fingerprint density at radius 3 is 2.25 bits per heavy atom. The Morgan fingerprint density at radius 2 is 1.75 bits per heavy atom. The van der Waals surface area contributed by atoms with Gasteiger partial charge >= 0.3 is 5.97 Å². The minimum absolute atomic E-state index is 0.363. The molecule has 20 heavy (non-hydrogen) atoms. The van der Waals surface area contributed by atoms with Crippen LogP contribution in [0, 0.1) is 0 Å². The van der Waals surface area contributed by atoms with Crippen molar-refractivity contribution in [3.05, 3.63) is 35.4 Å². The van der Waals surface area contributed by atoms with Crippen LogP contribution in [-0.4, -0.2) is 22.5 Å². The molecule has 0 bridgehead atoms. The summed E-state index contributed by atoms with van der Waals surface area (Å²) < 4.78 is 0. The van der Waals surface area contributed by atoms with Crippen LogP contribution >= 0.6 is 0 Å². The standard InChI is InChI=1S/C16H23NO3/c1-4-5-6-7-12-8-10-13(11-9-12)14(18)17-16(2,3)15(19)20/h8-11H,4-7H2,1-3H3,(H,17,18)(H,19,20). The molecule has 4 heteroatoms. The van der Waals surface area contributed by atoms with E-state index in [1.165, 1.54) is 32.3 Å². The molecule has 0 aromatic heterocycles. The van der Waals surface area contributed by atoms with Gasteiger partial charge in [0, 0.05) is 5.56 Å². The molecule has 0 aliphatic carbocycles. The van der Waals surface area contributed by atoms with Crippen molar-refractivity contribution in [3.63, 3.8) is 0 Å². The van der Waals surface area contributed by atoms with Gasteiger partial charge < -0.3 is 10.4 Å². The summed E-state index contributed by atoms with van der Waals surface area (Å²) in [6.45, 7) is 5.09. The van der Waals surface area contributed by atoms with Gasteiger partial charge in [-0.05, 0) is 44.4 Å². The maximum atomic E-state index is 12.0. The van der Waals surface area contributed by atoms with E-state index in [9.17, 15) is 9.59 Å². The number of carbonyl (C=O) groups is 2. The number of unbranched alkanes of at least 4 members (excludes halogenated alkanes) is 2. The van der Waals surface area contributed by atoms with Crippen molar-refractivity contribution in [1.82, 2.24) is 5.32 Å². The Balaban J connectivity index is 2.64. The molecule has 1 aromatic rings. The maximum Gasteiger partial charge on any atom is 0.328 e. The molecular weight excluding hydrogens is 254 g/mol. The van der Waals surface area contributed by atoms with Gasteiger partial charge in [-0.3, -0.25) is 4.79 Å². The molecule has 0 aliphatic rings. The molecule has 110 valence electrons. The number of amides is 1. The zero-order valence-corrected chi connectivity index (χ0v) is 12.4. The third kappa shape index (κ3) is 4.68. The molecule has 0 radical (unpaired) electrons. The van der Waals surface area contributed by atoms with E-state index in [2.05, 4.69) is 12.2 Å². The summed E-state index contributed by atoms with van der Waals surface area (Å²) >= 11 is 0. The molecule has 0 fully saturated rings. The van der Waals surface area contributed by atoms with Crippen molar-refractivity contribution in [2.45, 2.75) is 52.0 Å². The second-order valence-electron chi connectivity index (χ2n) is 5.54. The largest absolute Gasteiger partial charge is 0.480 e. The summed E-state index contributed by atoms with van der Waals surface area (Å²) in [6.07, 6.45) is 4.55. The van der Waals surface area contributed by atoms with E-state index >= 15 is 0 Å². The maximum absolute atomic E-state index is 12.0. The minimum atomic E-state index is -1.27. The molecule has 0 spiro atoms. The zero-order valence-electron chi connectivity index (χ0n) is 12.4. The lowest BCUT2D eigenvalue weighted by Gasteiger charge is -2.21. The number of nitrogens with one attached hydrogen (secondary N) is 1. The molecule has 1 amide bonds. The van der Waals surface area contributed by atoms with Gasteiger partial charge in [0.05, 0.1) is 0 Å². The van der Waals surface area contributed by atoms with Crippen molar-refractivity contribution in [2.24, 2.45) is 0 Å². The number of carboxylic acid groups (broad SMARTS) is 1. The number of carboxylic acids is 1. The highest BCUT2D eigenvalue weighted by molar-refractivity contribution is 5.97. The van der Waals surface area contributed by atoms with Crippen LogP contribution in [0.25, 0.3) is 0 Å². The van der Waals surface area contributed by atoms with Crippen molar-refractivity contribution < 1.29 is 14.7 Å². The first kappa shape index (κ1) is 16.2. The Kier molecular flexibility index (Phi) is 5.74. The summed E-state index contributed by atoms with van der Waals surface area (Å²) in [7, 11) is 0. The molecule has 0 saturated heterocycles. The SMILES string of the molecule is CCCCCc1ccc(C(=O)NC(C)(C)C(=O)O)cc1. The van der Waals surface area contributed by atoms with Gasteiger partial charge in [-0.1, -0.05) is 31.9 Å². The normalized spacial score (nSPS) is 11.2. The zero-order chi connectivity index (χ0) is 15.2. The van der Waals surface area contributed by atoms with Crippen LogP contribution in [0.4, 0.5) is 0 Å². The number of hydrogen-bond acceptors (Lipinski definition) is 2. The minimum Gasteiger partial charge on any atom is -0.480 e. The third-order valence-corrected chi connectivity index (χ3v) is 3.25. The lowest BCUT2D eigenvalue weighted by atomic mass is 10.0. The first-order valence-corrected chi connectivity index (χ1v) is 7.01. The van der Waals surface area contributed by atoms with E-state index in [0.29, 0.717) is 5.56 Å². The predicted octanol–water partition coefficient (Wildman–Crippen LogP) is 3.01. The van der Waals surface area contributed by atoms with Crippen molar-refractivity contribution in [2.75, 3.05) is 0 Å². The summed E-state index contributed by atoms with van der Waals surface area (Å²) in [5, 5.41) is 11.5. The lowest BCUT2D eigenvalue weighted by molar-refractivity contribution is -0.143. The predicted molar refractivity (Wildman–Crippen MR) is 78.9 cm³/mol. The van der Waals surface area contributed by atoms with Crippen LogP contribution in [0.2, 0.25) is 0 Å². The van der Waals surface area contributed by atoms with Crippen LogP contribution < -0.4 is 5.32 Å². The lowest BCUT2D eigenvalue weighted by Crippen LogP contribution is -2.49. The fourth-order valence-electron chi connectivity index (χ4n) is 1.81. The van der Waals surface area contributed by atoms with E-state index in [1.54, 1.807) is 12.1 Å². The van der Waals surface area contributed by atoms with Crippen LogP contribution in [0.3, 0.4) is 0 Å². The van der Waals surface area contributed by atoms with E-state index in [1.807, 2.05) is 12.1 Å². The van der Waals surface area contributed by atoms with E-state index in [0.717, 1.165) is 12.8 Å². The summed E-state index contributed by atoms with van der Waals surface area (Å²) in [4.78, 5) is 22.9. The highest BCUT2D eigenvalue weighted by Crippen LogP contribution is 2.10. The average molecular weight is 277 g/mol. The van der Waals surface area contributed by atoms with Gasteiger partial charge in [0.15, 0.2) is 0 Å². The number of carbonyl (C=O) groups excluding carboxylic acids is 1. The highest BCUT2D eigenvalue weighted by atomic mass is 16.4. The smallest absolute Gasteiger partial charge is 0.328 e. The Morgan fingerprint density at radius 1 is 1.15 bits per heavy atom. The average Bonchev–Trinajstić information content (AvgIpc) is 2.39. The molecule has 0 unspecified atom stereocenters. The molecule has 2 N–H and O–H groups in total. The number of aryl methyl sites for hydroxylation is 1. The van der Waals surface area contributed by atoms with Crippen LogP contribution in [0.1, 0.15) is 56.0 Å². The highest BCUT2D eigenvalue weighted by Gasteiger charge is 2.29. The number of hydrogen-bond donors (Lipinski definition) is 2. The molecular formula is C16H23NO3. The second-order valence-corrected chi connectivity index (χ2v) is 5.54. The van der Waals surface area contributed by atoms with Gasteiger partial charge in [-0.2, -0.15) is 0 Å². The fourth-order valence-corrected chi connectivity index (χ4v) is 1.81. The third-order valence-electron chi connectivity index (χ3n) is 3.25. The second kappa shape index (κ2) is 7.08. The first-order valence-electron chi connectivity index (χ1n) is 7.01. The Bertz CT molecular complexity index is 463. The summed E-state index contributed by atoms with van der Waals surface area (Å²) in [5.74, 6) is -1.42. The van der Waals surface area contributed by atoms with Crippen LogP contribution in [0.15, 0.2) is 24.3 Å². The van der Waals surface area contributed by atoms with Crippen molar-refractivity contribution in [3.8, 4) is 0 Å². The number of rotatable bonds is 7. The van der Waals surface area contributed by atoms with Gasteiger partial charge in [0.2, 0.25) is 0 Å². The van der Waals surface area contributed by atoms with Gasteiger partial charge in [0.1, 0.15) is 5.54 Å². The molecule has 4 nitrogen and oxygen atoms in total. The van der Waals surface area contributed by atoms with Gasteiger partial charge in [-0.25, -0.2) is 4.79 Å². The summed E-state index contributed by atoms with van der Waals surface area (Å²) in [6, 6.07) is 7.35. The molecule has 0 heterocycles. The van der Waals surface area contributed by atoms with Crippen LogP contribution in [-0.2, 0) is 11.2 Å². The molecule has 1 aromatic carbocycles. The van der Waals surface area contributed by atoms with Crippen LogP contribution in [0.5, 0.6) is 0 Å². The number of aliphatic carboxylic acids is 1. The molecule has 1 rings (SSSR count). The molecule has 0 saturated carbocycles. The van der Waals surface area contributed by atoms with E-state index in [4.69, 9.17) is 5.11 Å². The van der Waals surface area contributed by atoms with Crippen molar-refractivity contribution >= 4 is 11.9 Å². The van der Waals surface area contributed by atoms with Gasteiger partial charge in [-0.15, -0.1) is 0 Å². The summed E-state index contributed by atoms with van der Waals surface area (Å²) in [5.41, 5.74) is 0.419. The van der Waals surface area contributed by atoms with E-state index in [-0.39, 0.29) is 5.91 Å². The molecule has 0 atom stereocenters. The quantitative estimate of drug-likeness (QED) is 0.753. The van der Waals surface area contributed by atoms with E-state index < -0.39 is 11.5 Å². The monoisotopic (exact) mass is 277 g/mol. The van der Waals surface area contributed by atoms with Crippen molar-refractivity contribution in [1.29, 1.82) is 0 Å². The fraction of sp³-hybridized carbons (Fsp3) is 0.500. The molecule has 0 aliphatic heterocycles. The topological polar surface area (TPSA) is 66.4 Å². The van der Waals surface area contributed by atoms with Gasteiger partial charge in [0.25, 0.3) is 5.91 Å². The number of benzene rings is 1. The Labute approximate surface area is 120 Å². The Hall–Kier alpha value is -1.84.